The molecule has 0 unspecified atom stereocenters. The van der Waals surface area contributed by atoms with E-state index in [4.69, 9.17) is 5.90 Å². The molecule has 0 aliphatic heterocycles. The maximum absolute atomic E-state index is 4.94. The van der Waals surface area contributed by atoms with Gasteiger partial charge >= 0.3 is 0 Å². The van der Waals surface area contributed by atoms with Gasteiger partial charge in [-0.25, -0.2) is 5.90 Å². The largest absolute Gasteiger partial charge is 0.305 e. The van der Waals surface area contributed by atoms with Crippen LogP contribution in [0, 0.1) is 5.92 Å². The van der Waals surface area contributed by atoms with Gasteiger partial charge < -0.3 is 4.84 Å². The Kier molecular flexibility index (Phi) is 10.9. The summed E-state index contributed by atoms with van der Waals surface area (Å²) in [6, 6.07) is 0. The molecule has 0 atom stereocenters. The highest BCUT2D eigenvalue weighted by Crippen LogP contribution is 2.11. The zero-order chi connectivity index (χ0) is 10.6. The van der Waals surface area contributed by atoms with Gasteiger partial charge in [0, 0.05) is 0 Å². The van der Waals surface area contributed by atoms with Crippen LogP contribution in [-0.2, 0) is 4.84 Å². The number of rotatable bonds is 10. The van der Waals surface area contributed by atoms with Gasteiger partial charge in [-0.1, -0.05) is 58.8 Å². The molecule has 0 rings (SSSR count). The lowest BCUT2D eigenvalue weighted by Crippen LogP contribution is -2.00. The molecule has 0 aliphatic carbocycles. The van der Waals surface area contributed by atoms with Crippen LogP contribution in [-0.4, -0.2) is 6.61 Å². The minimum absolute atomic E-state index is 0.716. The van der Waals surface area contributed by atoms with Gasteiger partial charge in [0.1, 0.15) is 0 Å². The van der Waals surface area contributed by atoms with Crippen molar-refractivity contribution in [1.29, 1.82) is 0 Å². The Hall–Kier alpha value is -0.0800. The Morgan fingerprint density at radius 2 is 1.36 bits per heavy atom. The van der Waals surface area contributed by atoms with E-state index >= 15 is 0 Å². The molecule has 0 spiro atoms. The quantitative estimate of drug-likeness (QED) is 0.432. The number of hydrogen-bond acceptors (Lipinski definition) is 2. The van der Waals surface area contributed by atoms with Crippen molar-refractivity contribution in [1.82, 2.24) is 0 Å². The summed E-state index contributed by atoms with van der Waals surface area (Å²) >= 11 is 0. The molecule has 0 aliphatic rings. The lowest BCUT2D eigenvalue weighted by atomic mass is 10.0. The molecular formula is C12H27NO. The fourth-order valence-electron chi connectivity index (χ4n) is 1.62. The monoisotopic (exact) mass is 201 g/mol. The molecule has 0 fully saturated rings. The van der Waals surface area contributed by atoms with E-state index in [0.717, 1.165) is 12.3 Å². The van der Waals surface area contributed by atoms with E-state index < -0.39 is 0 Å². The summed E-state index contributed by atoms with van der Waals surface area (Å²) < 4.78 is 0. The standard InChI is InChI=1S/C12H27NO/c1-12(2)10-8-6-4-3-5-7-9-11-14-13/h12H,3-11,13H2,1-2H3. The average Bonchev–Trinajstić information content (AvgIpc) is 2.15. The molecule has 2 heteroatoms. The molecule has 0 amide bonds. The molecule has 0 aromatic rings. The summed E-state index contributed by atoms with van der Waals surface area (Å²) in [4.78, 5) is 4.51. The summed E-state index contributed by atoms with van der Waals surface area (Å²) in [5.41, 5.74) is 0. The van der Waals surface area contributed by atoms with Crippen LogP contribution in [0.25, 0.3) is 0 Å². The van der Waals surface area contributed by atoms with Gasteiger partial charge in [0.2, 0.25) is 0 Å². The van der Waals surface area contributed by atoms with Gasteiger partial charge in [0.25, 0.3) is 0 Å². The van der Waals surface area contributed by atoms with Crippen LogP contribution >= 0.6 is 0 Å². The van der Waals surface area contributed by atoms with E-state index in [1.807, 2.05) is 0 Å². The second-order valence-electron chi connectivity index (χ2n) is 4.53. The molecule has 0 heterocycles. The first-order valence-corrected chi connectivity index (χ1v) is 6.09. The Morgan fingerprint density at radius 1 is 0.857 bits per heavy atom. The van der Waals surface area contributed by atoms with E-state index in [1.54, 1.807) is 0 Å². The van der Waals surface area contributed by atoms with Gasteiger partial charge in [0.15, 0.2) is 0 Å². The van der Waals surface area contributed by atoms with Crippen molar-refractivity contribution in [2.75, 3.05) is 6.61 Å². The van der Waals surface area contributed by atoms with Crippen molar-refractivity contribution in [2.24, 2.45) is 11.8 Å². The molecule has 0 bridgehead atoms. The third kappa shape index (κ3) is 11.9. The molecule has 14 heavy (non-hydrogen) atoms. The Bertz CT molecular complexity index is 104. The first-order valence-electron chi connectivity index (χ1n) is 6.09. The first-order chi connectivity index (χ1) is 6.77. The van der Waals surface area contributed by atoms with Crippen LogP contribution < -0.4 is 5.90 Å². The van der Waals surface area contributed by atoms with Gasteiger partial charge in [-0.2, -0.15) is 0 Å². The smallest absolute Gasteiger partial charge is 0.0679 e. The van der Waals surface area contributed by atoms with E-state index in [0.29, 0.717) is 6.61 Å². The van der Waals surface area contributed by atoms with E-state index in [-0.39, 0.29) is 0 Å². The Labute approximate surface area is 89.2 Å². The molecule has 2 nitrogen and oxygen atoms in total. The molecule has 0 aromatic carbocycles. The molecule has 86 valence electrons. The minimum atomic E-state index is 0.716. The van der Waals surface area contributed by atoms with Crippen molar-refractivity contribution in [3.8, 4) is 0 Å². The van der Waals surface area contributed by atoms with E-state index in [1.165, 1.54) is 44.9 Å². The Balaban J connectivity index is 2.85. The predicted molar refractivity (Wildman–Crippen MR) is 61.9 cm³/mol. The van der Waals surface area contributed by atoms with Gasteiger partial charge in [-0.05, 0) is 12.3 Å². The molecule has 0 aromatic heterocycles. The average molecular weight is 201 g/mol. The Morgan fingerprint density at radius 3 is 1.86 bits per heavy atom. The number of unbranched alkanes of at least 4 members (excludes halogenated alkanes) is 6. The van der Waals surface area contributed by atoms with Crippen molar-refractivity contribution in [3.05, 3.63) is 0 Å². The first kappa shape index (κ1) is 13.9. The highest BCUT2D eigenvalue weighted by Gasteiger charge is 1.94. The molecular weight excluding hydrogens is 174 g/mol. The van der Waals surface area contributed by atoms with Crippen LogP contribution in [0.4, 0.5) is 0 Å². The van der Waals surface area contributed by atoms with E-state index in [2.05, 4.69) is 18.7 Å². The van der Waals surface area contributed by atoms with Crippen molar-refractivity contribution < 1.29 is 4.84 Å². The van der Waals surface area contributed by atoms with Crippen LogP contribution in [0.2, 0.25) is 0 Å². The zero-order valence-corrected chi connectivity index (χ0v) is 9.93. The van der Waals surface area contributed by atoms with E-state index in [9.17, 15) is 0 Å². The fraction of sp³-hybridized carbons (Fsp3) is 1.00. The van der Waals surface area contributed by atoms with Crippen molar-refractivity contribution in [2.45, 2.75) is 65.2 Å². The maximum atomic E-state index is 4.94. The fourth-order valence-corrected chi connectivity index (χ4v) is 1.62. The van der Waals surface area contributed by atoms with Crippen LogP contribution in [0.15, 0.2) is 0 Å². The van der Waals surface area contributed by atoms with Crippen LogP contribution in [0.5, 0.6) is 0 Å². The molecule has 0 radical (unpaired) electrons. The maximum Gasteiger partial charge on any atom is 0.0679 e. The van der Waals surface area contributed by atoms with Gasteiger partial charge in [-0.3, -0.25) is 0 Å². The highest BCUT2D eigenvalue weighted by molar-refractivity contribution is 4.49. The molecule has 2 N–H and O–H groups in total. The third-order valence-electron chi connectivity index (χ3n) is 2.54. The van der Waals surface area contributed by atoms with Crippen LogP contribution in [0.1, 0.15) is 65.2 Å². The van der Waals surface area contributed by atoms with Crippen molar-refractivity contribution in [3.63, 3.8) is 0 Å². The topological polar surface area (TPSA) is 35.2 Å². The number of hydrogen-bond donors (Lipinski definition) is 1. The molecule has 0 saturated carbocycles. The molecule has 0 saturated heterocycles. The van der Waals surface area contributed by atoms with Gasteiger partial charge in [-0.15, -0.1) is 0 Å². The number of nitrogens with two attached hydrogens (primary N) is 1. The summed E-state index contributed by atoms with van der Waals surface area (Å²) in [6.45, 7) is 5.31. The second-order valence-corrected chi connectivity index (χ2v) is 4.53. The summed E-state index contributed by atoms with van der Waals surface area (Å²) in [7, 11) is 0. The lowest BCUT2D eigenvalue weighted by molar-refractivity contribution is 0.133. The SMILES string of the molecule is CC(C)CCCCCCCCCON. The van der Waals surface area contributed by atoms with Crippen molar-refractivity contribution >= 4 is 0 Å². The minimum Gasteiger partial charge on any atom is -0.305 e. The highest BCUT2D eigenvalue weighted by atomic mass is 16.6. The zero-order valence-electron chi connectivity index (χ0n) is 9.93. The summed E-state index contributed by atoms with van der Waals surface area (Å²) in [5.74, 6) is 5.81. The second kappa shape index (κ2) is 11.0. The summed E-state index contributed by atoms with van der Waals surface area (Å²) in [5, 5.41) is 0. The van der Waals surface area contributed by atoms with Gasteiger partial charge in [0.05, 0.1) is 6.61 Å². The normalized spacial score (nSPS) is 11.1. The summed E-state index contributed by atoms with van der Waals surface area (Å²) in [6.07, 6.45) is 10.7. The predicted octanol–water partition coefficient (Wildman–Crippen LogP) is 3.65. The van der Waals surface area contributed by atoms with Crippen LogP contribution in [0.3, 0.4) is 0 Å². The third-order valence-corrected chi connectivity index (χ3v) is 2.54. The lowest BCUT2D eigenvalue weighted by Gasteiger charge is -2.04.